The lowest BCUT2D eigenvalue weighted by molar-refractivity contribution is 0.00696. The van der Waals surface area contributed by atoms with Crippen molar-refractivity contribution in [3.63, 3.8) is 0 Å². The Hall–Kier alpha value is -1.51. The molecule has 0 fully saturated rings. The van der Waals surface area contributed by atoms with Crippen LogP contribution in [0.4, 0.5) is 5.69 Å². The lowest BCUT2D eigenvalue weighted by Crippen LogP contribution is -2.23. The fourth-order valence-corrected chi connectivity index (χ4v) is 1.47. The summed E-state index contributed by atoms with van der Waals surface area (Å²) in [5.41, 5.74) is 1.18. The van der Waals surface area contributed by atoms with Crippen LogP contribution in [0.25, 0.3) is 0 Å². The van der Waals surface area contributed by atoms with E-state index in [2.05, 4.69) is 12.2 Å². The van der Waals surface area contributed by atoms with Crippen LogP contribution in [0, 0.1) is 0 Å². The van der Waals surface area contributed by atoms with Crippen LogP contribution in [0.5, 0.6) is 0 Å². The molecule has 0 atom stereocenters. The van der Waals surface area contributed by atoms with Gasteiger partial charge in [-0.3, -0.25) is 0 Å². The molecule has 18 heavy (non-hydrogen) atoms. The second kappa shape index (κ2) is 6.43. The monoisotopic (exact) mass is 249 g/mol. The maximum Gasteiger partial charge on any atom is 0.338 e. The van der Waals surface area contributed by atoms with E-state index in [4.69, 9.17) is 4.74 Å². The zero-order chi connectivity index (χ0) is 13.6. The topological polar surface area (TPSA) is 38.3 Å². The zero-order valence-corrected chi connectivity index (χ0v) is 11.7. The highest BCUT2D eigenvalue weighted by molar-refractivity contribution is 5.90. The maximum atomic E-state index is 11.8. The molecule has 0 unspecified atom stereocenters. The van der Waals surface area contributed by atoms with Crippen molar-refractivity contribution in [2.45, 2.75) is 46.1 Å². The van der Waals surface area contributed by atoms with Gasteiger partial charge in [-0.25, -0.2) is 4.79 Å². The van der Waals surface area contributed by atoms with Crippen LogP contribution < -0.4 is 5.32 Å². The molecular weight excluding hydrogens is 226 g/mol. The molecule has 0 radical (unpaired) electrons. The van der Waals surface area contributed by atoms with Crippen LogP contribution in [0.3, 0.4) is 0 Å². The van der Waals surface area contributed by atoms with Crippen molar-refractivity contribution in [1.29, 1.82) is 0 Å². The number of carbonyl (C=O) groups excluding carboxylic acids is 1. The van der Waals surface area contributed by atoms with E-state index in [1.807, 2.05) is 32.9 Å². The summed E-state index contributed by atoms with van der Waals surface area (Å²) < 4.78 is 5.30. The van der Waals surface area contributed by atoms with E-state index in [0.29, 0.717) is 5.56 Å². The number of hydrogen-bond donors (Lipinski definition) is 1. The van der Waals surface area contributed by atoms with Gasteiger partial charge in [-0.15, -0.1) is 0 Å². The first-order valence-corrected chi connectivity index (χ1v) is 6.49. The lowest BCUT2D eigenvalue weighted by Gasteiger charge is -2.19. The van der Waals surface area contributed by atoms with Crippen LogP contribution in [0.2, 0.25) is 0 Å². The first-order chi connectivity index (χ1) is 8.42. The largest absolute Gasteiger partial charge is 0.456 e. The highest BCUT2D eigenvalue weighted by Crippen LogP contribution is 2.14. The third-order valence-corrected chi connectivity index (χ3v) is 2.38. The molecule has 0 saturated heterocycles. The Balaban J connectivity index is 2.57. The van der Waals surface area contributed by atoms with Crippen molar-refractivity contribution in [2.75, 3.05) is 11.9 Å². The van der Waals surface area contributed by atoms with Gasteiger partial charge in [0.2, 0.25) is 0 Å². The molecule has 0 bridgehead atoms. The van der Waals surface area contributed by atoms with Crippen molar-refractivity contribution >= 4 is 11.7 Å². The van der Waals surface area contributed by atoms with Gasteiger partial charge in [0.05, 0.1) is 5.56 Å². The van der Waals surface area contributed by atoms with Crippen molar-refractivity contribution in [2.24, 2.45) is 0 Å². The van der Waals surface area contributed by atoms with E-state index < -0.39 is 5.60 Å². The molecule has 0 amide bonds. The van der Waals surface area contributed by atoms with E-state index in [9.17, 15) is 4.79 Å². The number of unbranched alkanes of at least 4 members (excludes halogenated alkanes) is 1. The summed E-state index contributed by atoms with van der Waals surface area (Å²) in [6, 6.07) is 7.41. The molecule has 0 aromatic heterocycles. The minimum Gasteiger partial charge on any atom is -0.456 e. The van der Waals surface area contributed by atoms with Crippen LogP contribution >= 0.6 is 0 Å². The van der Waals surface area contributed by atoms with E-state index in [-0.39, 0.29) is 5.97 Å². The summed E-state index contributed by atoms with van der Waals surface area (Å²) in [6.07, 6.45) is 2.32. The maximum absolute atomic E-state index is 11.8. The van der Waals surface area contributed by atoms with Crippen LogP contribution in [-0.2, 0) is 4.74 Å². The van der Waals surface area contributed by atoms with Gasteiger partial charge in [-0.2, -0.15) is 0 Å². The number of ether oxygens (including phenoxy) is 1. The zero-order valence-electron chi connectivity index (χ0n) is 11.7. The number of anilines is 1. The predicted molar refractivity (Wildman–Crippen MR) is 75.0 cm³/mol. The molecule has 0 aliphatic rings. The fourth-order valence-electron chi connectivity index (χ4n) is 1.47. The summed E-state index contributed by atoms with van der Waals surface area (Å²) in [5, 5.41) is 3.31. The summed E-state index contributed by atoms with van der Waals surface area (Å²) in [6.45, 7) is 8.72. The highest BCUT2D eigenvalue weighted by atomic mass is 16.6. The van der Waals surface area contributed by atoms with Crippen molar-refractivity contribution in [3.8, 4) is 0 Å². The average Bonchev–Trinajstić information content (AvgIpc) is 2.28. The number of esters is 1. The van der Waals surface area contributed by atoms with E-state index in [1.54, 1.807) is 12.1 Å². The van der Waals surface area contributed by atoms with Gasteiger partial charge < -0.3 is 10.1 Å². The van der Waals surface area contributed by atoms with Gasteiger partial charge >= 0.3 is 5.97 Å². The summed E-state index contributed by atoms with van der Waals surface area (Å²) in [7, 11) is 0. The van der Waals surface area contributed by atoms with Gasteiger partial charge in [-0.1, -0.05) is 13.3 Å². The third-order valence-electron chi connectivity index (χ3n) is 2.38. The summed E-state index contributed by atoms with van der Waals surface area (Å²) >= 11 is 0. The average molecular weight is 249 g/mol. The van der Waals surface area contributed by atoms with Crippen LogP contribution in [0.1, 0.15) is 50.9 Å². The van der Waals surface area contributed by atoms with Crippen molar-refractivity contribution in [1.82, 2.24) is 0 Å². The standard InChI is InChI=1S/C15H23NO2/c1-5-6-11-16-13-9-7-12(8-10-13)14(17)18-15(2,3)4/h7-10,16H,5-6,11H2,1-4H3. The number of hydrogen-bond acceptors (Lipinski definition) is 3. The van der Waals surface area contributed by atoms with E-state index in [1.165, 1.54) is 6.42 Å². The quantitative estimate of drug-likeness (QED) is 0.636. The first-order valence-electron chi connectivity index (χ1n) is 6.49. The molecule has 0 spiro atoms. The van der Waals surface area contributed by atoms with E-state index >= 15 is 0 Å². The number of rotatable bonds is 5. The Morgan fingerprint density at radius 3 is 2.33 bits per heavy atom. The smallest absolute Gasteiger partial charge is 0.338 e. The van der Waals surface area contributed by atoms with Gasteiger partial charge in [0.25, 0.3) is 0 Å². The Bertz CT molecular complexity index is 376. The van der Waals surface area contributed by atoms with E-state index in [0.717, 1.165) is 18.7 Å². The van der Waals surface area contributed by atoms with Crippen molar-refractivity contribution in [3.05, 3.63) is 29.8 Å². The Kier molecular flexibility index (Phi) is 5.20. The SMILES string of the molecule is CCCCNc1ccc(C(=O)OC(C)(C)C)cc1. The van der Waals surface area contributed by atoms with Crippen molar-refractivity contribution < 1.29 is 9.53 Å². The molecule has 0 aliphatic heterocycles. The van der Waals surface area contributed by atoms with Gasteiger partial charge in [0, 0.05) is 12.2 Å². The molecule has 3 nitrogen and oxygen atoms in total. The Labute approximate surface area is 110 Å². The second-order valence-corrected chi connectivity index (χ2v) is 5.36. The molecule has 100 valence electrons. The normalized spacial score (nSPS) is 11.1. The highest BCUT2D eigenvalue weighted by Gasteiger charge is 2.17. The molecule has 0 heterocycles. The second-order valence-electron chi connectivity index (χ2n) is 5.36. The molecule has 1 N–H and O–H groups in total. The minimum atomic E-state index is -0.449. The van der Waals surface area contributed by atoms with Gasteiger partial charge in [0.15, 0.2) is 0 Å². The molecule has 3 heteroatoms. The minimum absolute atomic E-state index is 0.275. The lowest BCUT2D eigenvalue weighted by atomic mass is 10.1. The molecule has 1 rings (SSSR count). The number of benzene rings is 1. The Morgan fingerprint density at radius 2 is 1.83 bits per heavy atom. The molecule has 0 aliphatic carbocycles. The first kappa shape index (κ1) is 14.6. The van der Waals surface area contributed by atoms with Gasteiger partial charge in [-0.05, 0) is 51.5 Å². The summed E-state index contributed by atoms with van der Waals surface area (Å²) in [4.78, 5) is 11.8. The molecule has 0 saturated carbocycles. The fraction of sp³-hybridized carbons (Fsp3) is 0.533. The number of nitrogens with one attached hydrogen (secondary N) is 1. The number of carbonyl (C=O) groups is 1. The van der Waals surface area contributed by atoms with Crippen LogP contribution in [-0.4, -0.2) is 18.1 Å². The third kappa shape index (κ3) is 5.21. The molecular formula is C15H23NO2. The van der Waals surface area contributed by atoms with Crippen LogP contribution in [0.15, 0.2) is 24.3 Å². The predicted octanol–water partition coefficient (Wildman–Crippen LogP) is 3.85. The Morgan fingerprint density at radius 1 is 1.22 bits per heavy atom. The molecule has 1 aromatic rings. The van der Waals surface area contributed by atoms with Gasteiger partial charge in [0.1, 0.15) is 5.60 Å². The molecule has 1 aromatic carbocycles. The summed E-state index contributed by atoms with van der Waals surface area (Å²) in [5.74, 6) is -0.275.